The van der Waals surface area contributed by atoms with E-state index in [1.165, 1.54) is 6.20 Å². The summed E-state index contributed by atoms with van der Waals surface area (Å²) >= 11 is 0. The van der Waals surface area contributed by atoms with Crippen molar-refractivity contribution in [3.05, 3.63) is 6.20 Å². The molecule has 0 aliphatic heterocycles. The fourth-order valence-corrected chi connectivity index (χ4v) is 0.617. The van der Waals surface area contributed by atoms with Gasteiger partial charge in [-0.05, 0) is 13.8 Å². The van der Waals surface area contributed by atoms with Crippen LogP contribution in [0.4, 0.5) is 5.82 Å². The van der Waals surface area contributed by atoms with Gasteiger partial charge in [-0.15, -0.1) is 5.10 Å². The number of hydrogen-bond acceptors (Lipinski definition) is 4. The van der Waals surface area contributed by atoms with Gasteiger partial charge in [-0.1, -0.05) is 4.85 Å². The van der Waals surface area contributed by atoms with Gasteiger partial charge in [0.15, 0.2) is 5.75 Å². The third-order valence-electron chi connectivity index (χ3n) is 1.06. The van der Waals surface area contributed by atoms with E-state index in [4.69, 9.17) is 15.7 Å². The molecule has 5 heteroatoms. The highest BCUT2D eigenvalue weighted by atomic mass is 16.7. The molecule has 0 radical (unpaired) electrons. The maximum absolute atomic E-state index is 8.96. The van der Waals surface area contributed by atoms with Gasteiger partial charge in [0.05, 0.1) is 6.20 Å². The van der Waals surface area contributed by atoms with Crippen molar-refractivity contribution in [2.75, 3.05) is 5.73 Å². The van der Waals surface area contributed by atoms with Crippen LogP contribution in [0, 0.1) is 0 Å². The first-order chi connectivity index (χ1) is 5.11. The van der Waals surface area contributed by atoms with Crippen molar-refractivity contribution in [1.82, 2.24) is 9.94 Å². The predicted molar refractivity (Wildman–Crippen MR) is 40.0 cm³/mol. The van der Waals surface area contributed by atoms with Crippen LogP contribution in [-0.2, 0) is 0 Å². The first kappa shape index (κ1) is 7.71. The molecule has 0 fully saturated rings. The maximum atomic E-state index is 8.96. The molecule has 0 saturated heterocycles. The van der Waals surface area contributed by atoms with Gasteiger partial charge in [0.25, 0.3) is 0 Å². The summed E-state index contributed by atoms with van der Waals surface area (Å²) in [6, 6.07) is 0. The van der Waals surface area contributed by atoms with Crippen molar-refractivity contribution in [2.45, 2.75) is 20.0 Å². The molecule has 1 rings (SSSR count). The number of nitrogens with zero attached hydrogens (tertiary/aromatic N) is 2. The number of aromatic hydroxyl groups is 1. The molecule has 0 saturated carbocycles. The first-order valence-electron chi connectivity index (χ1n) is 3.31. The SMILES string of the molecule is CC(C)On1ncc(O)c1N. The van der Waals surface area contributed by atoms with Crippen LogP contribution in [0.5, 0.6) is 5.75 Å². The van der Waals surface area contributed by atoms with Gasteiger partial charge in [0.1, 0.15) is 6.10 Å². The largest absolute Gasteiger partial charge is 0.503 e. The Kier molecular flexibility index (Phi) is 1.89. The van der Waals surface area contributed by atoms with Crippen LogP contribution in [0.2, 0.25) is 0 Å². The normalized spacial score (nSPS) is 10.5. The molecule has 0 bridgehead atoms. The average molecular weight is 157 g/mol. The summed E-state index contributed by atoms with van der Waals surface area (Å²) in [6.45, 7) is 3.69. The average Bonchev–Trinajstić information content (AvgIpc) is 2.18. The number of anilines is 1. The van der Waals surface area contributed by atoms with E-state index in [1.807, 2.05) is 13.8 Å². The Morgan fingerprint density at radius 2 is 2.36 bits per heavy atom. The zero-order valence-corrected chi connectivity index (χ0v) is 6.48. The number of aromatic nitrogens is 2. The smallest absolute Gasteiger partial charge is 0.205 e. The maximum Gasteiger partial charge on any atom is 0.205 e. The topological polar surface area (TPSA) is 73.3 Å². The van der Waals surface area contributed by atoms with Gasteiger partial charge >= 0.3 is 0 Å². The minimum absolute atomic E-state index is 0.0170. The Morgan fingerprint density at radius 1 is 1.73 bits per heavy atom. The Bertz CT molecular complexity index is 244. The van der Waals surface area contributed by atoms with Crippen LogP contribution in [0.3, 0.4) is 0 Å². The highest BCUT2D eigenvalue weighted by Crippen LogP contribution is 2.16. The highest BCUT2D eigenvalue weighted by Gasteiger charge is 2.06. The van der Waals surface area contributed by atoms with E-state index >= 15 is 0 Å². The highest BCUT2D eigenvalue weighted by molar-refractivity contribution is 5.42. The lowest BCUT2D eigenvalue weighted by Crippen LogP contribution is -2.21. The minimum atomic E-state index is -0.0642. The molecule has 5 nitrogen and oxygen atoms in total. The monoisotopic (exact) mass is 157 g/mol. The standard InChI is InChI=1S/C6H11N3O2/c1-4(2)11-9-6(7)5(10)3-8-9/h3-4,10H,7H2,1-2H3. The molecule has 0 unspecified atom stereocenters. The Hall–Kier alpha value is -1.39. The Morgan fingerprint density at radius 3 is 2.73 bits per heavy atom. The molecule has 0 atom stereocenters. The van der Waals surface area contributed by atoms with Crippen molar-refractivity contribution in [2.24, 2.45) is 0 Å². The van der Waals surface area contributed by atoms with Gasteiger partial charge in [-0.3, -0.25) is 0 Å². The lowest BCUT2D eigenvalue weighted by atomic mass is 10.5. The summed E-state index contributed by atoms with van der Waals surface area (Å²) in [6.07, 6.45) is 1.22. The number of hydrogen-bond donors (Lipinski definition) is 2. The van der Waals surface area contributed by atoms with Crippen LogP contribution in [0.1, 0.15) is 13.8 Å². The zero-order valence-electron chi connectivity index (χ0n) is 6.48. The fraction of sp³-hybridized carbons (Fsp3) is 0.500. The Labute approximate surface area is 64.3 Å². The van der Waals surface area contributed by atoms with Crippen LogP contribution < -0.4 is 10.6 Å². The lowest BCUT2D eigenvalue weighted by Gasteiger charge is -2.08. The Balaban J connectivity index is 2.79. The molecule has 0 aromatic carbocycles. The molecule has 11 heavy (non-hydrogen) atoms. The summed E-state index contributed by atoms with van der Waals surface area (Å²) in [7, 11) is 0. The fourth-order valence-electron chi connectivity index (χ4n) is 0.617. The van der Waals surface area contributed by atoms with Crippen molar-refractivity contribution in [3.63, 3.8) is 0 Å². The third-order valence-corrected chi connectivity index (χ3v) is 1.06. The van der Waals surface area contributed by atoms with Gasteiger partial charge in [-0.25, -0.2) is 0 Å². The molecule has 0 spiro atoms. The van der Waals surface area contributed by atoms with Crippen LogP contribution >= 0.6 is 0 Å². The van der Waals surface area contributed by atoms with Crippen LogP contribution in [0.15, 0.2) is 6.20 Å². The molecule has 0 aliphatic rings. The minimum Gasteiger partial charge on any atom is -0.503 e. The molecule has 0 amide bonds. The molecule has 1 aromatic heterocycles. The second-order valence-electron chi connectivity index (χ2n) is 2.44. The molecule has 62 valence electrons. The summed E-state index contributed by atoms with van der Waals surface area (Å²) in [4.78, 5) is 6.18. The van der Waals surface area contributed by atoms with Gasteiger partial charge in [0, 0.05) is 0 Å². The van der Waals surface area contributed by atoms with E-state index in [1.54, 1.807) is 0 Å². The van der Waals surface area contributed by atoms with Crippen molar-refractivity contribution in [1.29, 1.82) is 0 Å². The molecular formula is C6H11N3O2. The summed E-state index contributed by atoms with van der Waals surface area (Å²) < 4.78 is 0. The predicted octanol–water partition coefficient (Wildman–Crippen LogP) is 0.00790. The molecular weight excluding hydrogens is 146 g/mol. The van der Waals surface area contributed by atoms with E-state index in [-0.39, 0.29) is 17.7 Å². The number of rotatable bonds is 2. The van der Waals surface area contributed by atoms with E-state index < -0.39 is 0 Å². The van der Waals surface area contributed by atoms with E-state index in [9.17, 15) is 0 Å². The third kappa shape index (κ3) is 1.54. The molecule has 1 heterocycles. The molecule has 0 aliphatic carbocycles. The van der Waals surface area contributed by atoms with Gasteiger partial charge in [-0.2, -0.15) is 0 Å². The zero-order chi connectivity index (χ0) is 8.43. The van der Waals surface area contributed by atoms with Crippen molar-refractivity contribution in [3.8, 4) is 5.75 Å². The van der Waals surface area contributed by atoms with E-state index in [0.717, 1.165) is 4.85 Å². The quantitative estimate of drug-likeness (QED) is 0.634. The molecule has 3 N–H and O–H groups in total. The van der Waals surface area contributed by atoms with Crippen molar-refractivity contribution >= 4 is 5.82 Å². The second kappa shape index (κ2) is 2.69. The van der Waals surface area contributed by atoms with E-state index in [0.29, 0.717) is 0 Å². The summed E-state index contributed by atoms with van der Waals surface area (Å²) in [5, 5.41) is 12.6. The summed E-state index contributed by atoms with van der Waals surface area (Å²) in [5.74, 6) is 0.0596. The second-order valence-corrected chi connectivity index (χ2v) is 2.44. The van der Waals surface area contributed by atoms with Gasteiger partial charge in [0.2, 0.25) is 5.82 Å². The van der Waals surface area contributed by atoms with Crippen LogP contribution in [-0.4, -0.2) is 21.2 Å². The summed E-state index contributed by atoms with van der Waals surface area (Å²) in [5.41, 5.74) is 5.38. The molecule has 1 aromatic rings. The number of nitrogen functional groups attached to an aromatic ring is 1. The first-order valence-corrected chi connectivity index (χ1v) is 3.31. The van der Waals surface area contributed by atoms with E-state index in [2.05, 4.69) is 5.10 Å². The van der Waals surface area contributed by atoms with Crippen molar-refractivity contribution < 1.29 is 9.94 Å². The van der Waals surface area contributed by atoms with Gasteiger partial charge < -0.3 is 15.7 Å². The lowest BCUT2D eigenvalue weighted by molar-refractivity contribution is 0.0401. The number of nitrogens with two attached hydrogens (primary N) is 1. The van der Waals surface area contributed by atoms with Crippen LogP contribution in [0.25, 0.3) is 0 Å².